The first kappa shape index (κ1) is 25.3. The number of aliphatic hydroxyl groups is 4. The molecule has 29 heavy (non-hydrogen) atoms. The highest BCUT2D eigenvalue weighted by atomic mass is 16.6. The van der Waals surface area contributed by atoms with Gasteiger partial charge in [-0.1, -0.05) is 44.2 Å². The third-order valence-electron chi connectivity index (χ3n) is 5.17. The van der Waals surface area contributed by atoms with Crippen molar-refractivity contribution < 1.29 is 30.0 Å². The van der Waals surface area contributed by atoms with E-state index in [0.717, 1.165) is 12.0 Å². The molecule has 0 saturated heterocycles. The molecule has 1 rings (SSSR count). The van der Waals surface area contributed by atoms with Gasteiger partial charge in [0.25, 0.3) is 5.79 Å². The minimum Gasteiger partial charge on any atom is -0.456 e. The molecule has 0 aromatic heterocycles. The summed E-state index contributed by atoms with van der Waals surface area (Å²) in [7, 11) is 0. The molecule has 1 heterocycles. The van der Waals surface area contributed by atoms with Gasteiger partial charge in [0.05, 0.1) is 12.2 Å². The highest BCUT2D eigenvalue weighted by molar-refractivity contribution is 6.03. The standard InChI is InChI=1S/C23H36O6/c1-6-11-15(2)21(26)16(3)12-9-7-8-10-13-19(25)14-20-17(4)22(27)23(28,29-20)18(5)24/h7-9,11-12,16,18-19,21,24-26,28H,6,10,13-14H2,1-5H3/b8-7?,12-9+,15-11+/t16-,18+,19-,21+,23-/m1/s1. The zero-order chi connectivity index (χ0) is 22.2. The Kier molecular flexibility index (Phi) is 10.00. The van der Waals surface area contributed by atoms with Crippen LogP contribution in [-0.2, 0) is 9.53 Å². The van der Waals surface area contributed by atoms with Crippen molar-refractivity contribution in [1.29, 1.82) is 0 Å². The Balaban J connectivity index is 2.45. The predicted molar refractivity (Wildman–Crippen MR) is 113 cm³/mol. The maximum atomic E-state index is 12.1. The molecule has 0 radical (unpaired) electrons. The van der Waals surface area contributed by atoms with Crippen LogP contribution in [0.15, 0.2) is 47.3 Å². The lowest BCUT2D eigenvalue weighted by Crippen LogP contribution is -2.47. The summed E-state index contributed by atoms with van der Waals surface area (Å²) in [5.74, 6) is -2.70. The van der Waals surface area contributed by atoms with Crippen LogP contribution in [0.2, 0.25) is 0 Å². The van der Waals surface area contributed by atoms with Gasteiger partial charge in [0.15, 0.2) is 0 Å². The van der Waals surface area contributed by atoms with Crippen LogP contribution < -0.4 is 0 Å². The molecule has 0 spiro atoms. The van der Waals surface area contributed by atoms with Crippen molar-refractivity contribution in [3.8, 4) is 0 Å². The van der Waals surface area contributed by atoms with Gasteiger partial charge < -0.3 is 25.2 Å². The number of rotatable bonds is 11. The number of hydrogen-bond donors (Lipinski definition) is 4. The number of carbonyl (C=O) groups is 1. The van der Waals surface area contributed by atoms with E-state index in [1.807, 2.05) is 51.2 Å². The first-order chi connectivity index (χ1) is 13.5. The largest absolute Gasteiger partial charge is 0.456 e. The molecule has 0 saturated carbocycles. The number of hydrogen-bond acceptors (Lipinski definition) is 6. The van der Waals surface area contributed by atoms with Crippen LogP contribution in [0, 0.1) is 5.92 Å². The normalized spacial score (nSPS) is 25.0. The average Bonchev–Trinajstić information content (AvgIpc) is 2.88. The Labute approximate surface area is 173 Å². The molecule has 0 aromatic rings. The van der Waals surface area contributed by atoms with Crippen LogP contribution in [0.3, 0.4) is 0 Å². The van der Waals surface area contributed by atoms with Crippen molar-refractivity contribution in [3.05, 3.63) is 47.3 Å². The van der Waals surface area contributed by atoms with Crippen LogP contribution >= 0.6 is 0 Å². The summed E-state index contributed by atoms with van der Waals surface area (Å²) in [5, 5.41) is 40.1. The number of ether oxygens (including phenoxy) is 1. The average molecular weight is 409 g/mol. The van der Waals surface area contributed by atoms with Crippen LogP contribution in [0.5, 0.6) is 0 Å². The van der Waals surface area contributed by atoms with E-state index in [9.17, 15) is 25.2 Å². The summed E-state index contributed by atoms with van der Waals surface area (Å²) < 4.78 is 5.25. The van der Waals surface area contributed by atoms with Crippen LogP contribution in [0.1, 0.15) is 60.3 Å². The summed E-state index contributed by atoms with van der Waals surface area (Å²) in [6.07, 6.45) is 9.12. The van der Waals surface area contributed by atoms with E-state index >= 15 is 0 Å². The predicted octanol–water partition coefficient (Wildman–Crippen LogP) is 2.93. The van der Waals surface area contributed by atoms with Gasteiger partial charge in [0.1, 0.15) is 11.9 Å². The van der Waals surface area contributed by atoms with Gasteiger partial charge in [-0.2, -0.15) is 0 Å². The van der Waals surface area contributed by atoms with E-state index in [-0.39, 0.29) is 23.7 Å². The minimum absolute atomic E-state index is 0.00710. The summed E-state index contributed by atoms with van der Waals surface area (Å²) in [5.41, 5.74) is 1.20. The van der Waals surface area contributed by atoms with E-state index in [2.05, 4.69) is 0 Å². The lowest BCUT2D eigenvalue weighted by Gasteiger charge is -2.25. The maximum absolute atomic E-state index is 12.1. The van der Waals surface area contributed by atoms with Gasteiger partial charge in [-0.15, -0.1) is 0 Å². The Morgan fingerprint density at radius 2 is 1.86 bits per heavy atom. The van der Waals surface area contributed by atoms with Crippen LogP contribution in [0.25, 0.3) is 0 Å². The minimum atomic E-state index is -2.25. The second-order valence-electron chi connectivity index (χ2n) is 7.76. The molecule has 5 atom stereocenters. The van der Waals surface area contributed by atoms with Crippen molar-refractivity contribution in [1.82, 2.24) is 0 Å². The van der Waals surface area contributed by atoms with E-state index in [1.165, 1.54) is 13.8 Å². The van der Waals surface area contributed by atoms with Crippen molar-refractivity contribution in [3.63, 3.8) is 0 Å². The fraction of sp³-hybridized carbons (Fsp3) is 0.609. The fourth-order valence-electron chi connectivity index (χ4n) is 3.16. The maximum Gasteiger partial charge on any atom is 0.298 e. The SMILES string of the molecule is CC/C=C(\C)[C@H](O)[C@H](C)/C=C/C=CCC[C@@H](O)CC1=C(C)C(=O)[C@@](O)([C@H](C)O)O1. The number of allylic oxidation sites excluding steroid dienone is 4. The Bertz CT molecular complexity index is 673. The molecular formula is C23H36O6. The van der Waals surface area contributed by atoms with E-state index in [4.69, 9.17) is 4.74 Å². The Morgan fingerprint density at radius 3 is 2.41 bits per heavy atom. The zero-order valence-electron chi connectivity index (χ0n) is 18.1. The zero-order valence-corrected chi connectivity index (χ0v) is 18.1. The van der Waals surface area contributed by atoms with Crippen molar-refractivity contribution in [2.24, 2.45) is 5.92 Å². The van der Waals surface area contributed by atoms with Gasteiger partial charge in [-0.25, -0.2) is 0 Å². The fourth-order valence-corrected chi connectivity index (χ4v) is 3.16. The summed E-state index contributed by atoms with van der Waals surface area (Å²) in [6.45, 7) is 8.72. The molecule has 0 aliphatic carbocycles. The van der Waals surface area contributed by atoms with Crippen LogP contribution in [0.4, 0.5) is 0 Å². The Morgan fingerprint density at radius 1 is 1.21 bits per heavy atom. The molecule has 6 nitrogen and oxygen atoms in total. The summed E-state index contributed by atoms with van der Waals surface area (Å²) >= 11 is 0. The van der Waals surface area contributed by atoms with Gasteiger partial charge in [-0.05, 0) is 45.6 Å². The number of ketones is 1. The highest BCUT2D eigenvalue weighted by Crippen LogP contribution is 2.34. The van der Waals surface area contributed by atoms with E-state index < -0.39 is 29.9 Å². The topological polar surface area (TPSA) is 107 Å². The summed E-state index contributed by atoms with van der Waals surface area (Å²) in [4.78, 5) is 12.1. The molecule has 0 bridgehead atoms. The first-order valence-electron chi connectivity index (χ1n) is 10.2. The smallest absolute Gasteiger partial charge is 0.298 e. The van der Waals surface area contributed by atoms with E-state index in [1.54, 1.807) is 0 Å². The monoisotopic (exact) mass is 408 g/mol. The van der Waals surface area contributed by atoms with Gasteiger partial charge in [0.2, 0.25) is 5.78 Å². The highest BCUT2D eigenvalue weighted by Gasteiger charge is 2.50. The van der Waals surface area contributed by atoms with E-state index in [0.29, 0.717) is 12.8 Å². The molecule has 0 aromatic carbocycles. The number of aliphatic hydroxyl groups excluding tert-OH is 3. The molecule has 4 N–H and O–H groups in total. The molecule has 6 heteroatoms. The first-order valence-corrected chi connectivity index (χ1v) is 10.2. The van der Waals surface area contributed by atoms with Gasteiger partial charge in [0, 0.05) is 17.9 Å². The van der Waals surface area contributed by atoms with Crippen molar-refractivity contribution in [2.45, 2.75) is 84.4 Å². The van der Waals surface area contributed by atoms with Gasteiger partial charge >= 0.3 is 0 Å². The molecular weight excluding hydrogens is 372 g/mol. The molecule has 164 valence electrons. The third-order valence-corrected chi connectivity index (χ3v) is 5.17. The van der Waals surface area contributed by atoms with Crippen LogP contribution in [-0.4, -0.2) is 50.3 Å². The quantitative estimate of drug-likeness (QED) is 0.309. The number of Topliss-reactive ketones (excluding diaryl/α,β-unsaturated/α-hetero) is 1. The Hall–Kier alpha value is -1.73. The molecule has 0 unspecified atom stereocenters. The third kappa shape index (κ3) is 6.93. The second kappa shape index (κ2) is 11.5. The lowest BCUT2D eigenvalue weighted by atomic mass is 9.97. The van der Waals surface area contributed by atoms with Gasteiger partial charge in [-0.3, -0.25) is 4.79 Å². The molecule has 1 aliphatic rings. The second-order valence-corrected chi connectivity index (χ2v) is 7.76. The molecule has 1 aliphatic heterocycles. The molecule has 0 amide bonds. The van der Waals surface area contributed by atoms with Crippen molar-refractivity contribution >= 4 is 5.78 Å². The molecule has 0 fully saturated rings. The van der Waals surface area contributed by atoms with Crippen molar-refractivity contribution in [2.75, 3.05) is 0 Å². The lowest BCUT2D eigenvalue weighted by molar-refractivity contribution is -0.213. The summed E-state index contributed by atoms with van der Waals surface area (Å²) in [6, 6.07) is 0. The number of carbonyl (C=O) groups excluding carboxylic acids is 1.